The van der Waals surface area contributed by atoms with Crippen LogP contribution in [0.15, 0.2) is 24.3 Å². The number of rotatable bonds is 3. The summed E-state index contributed by atoms with van der Waals surface area (Å²) in [6.45, 7) is 0. The molecule has 1 N–H and O–H groups in total. The van der Waals surface area contributed by atoms with Crippen LogP contribution >= 0.6 is 0 Å². The molecule has 0 saturated carbocycles. The second-order valence-corrected chi connectivity index (χ2v) is 3.25. The summed E-state index contributed by atoms with van der Waals surface area (Å²) in [6, 6.07) is 7.12. The number of benzene rings is 1. The van der Waals surface area contributed by atoms with Gasteiger partial charge >= 0.3 is 6.21 Å². The molecule has 0 amide bonds. The number of hydrogen-bond donors (Lipinski definition) is 1. The van der Waals surface area contributed by atoms with Crippen LogP contribution in [0.4, 0.5) is 0 Å². The molecule has 0 spiro atoms. The van der Waals surface area contributed by atoms with Crippen LogP contribution < -0.4 is 4.74 Å². The maximum atomic E-state index is 11.4. The summed E-state index contributed by atoms with van der Waals surface area (Å²) in [5, 5.41) is 0.869. The monoisotopic (exact) mass is 215 g/mol. The molecule has 80 valence electrons. The molecule has 0 aliphatic heterocycles. The number of methoxy groups -OCH3 is 1. The largest absolute Gasteiger partial charge is 0.497 e. The van der Waals surface area contributed by atoms with E-state index in [1.165, 1.54) is 0 Å². The number of H-pyrrole nitrogens is 1. The van der Waals surface area contributed by atoms with Gasteiger partial charge in [0.15, 0.2) is 0 Å². The zero-order chi connectivity index (χ0) is 11.5. The van der Waals surface area contributed by atoms with Gasteiger partial charge in [0.2, 0.25) is 0 Å². The Morgan fingerprint density at radius 2 is 2.31 bits per heavy atom. The molecule has 0 saturated heterocycles. The van der Waals surface area contributed by atoms with Gasteiger partial charge in [-0.2, -0.15) is 4.79 Å². The van der Waals surface area contributed by atoms with E-state index in [9.17, 15) is 4.79 Å². The number of Topliss-reactive ketones (excluding diaryl/α,β-unsaturated/α-hetero) is 1. The van der Waals surface area contributed by atoms with Crippen LogP contribution in [-0.2, 0) is 0 Å². The Balaban J connectivity index is 2.51. The van der Waals surface area contributed by atoms with Crippen LogP contribution in [0.1, 0.15) is 10.5 Å². The average Bonchev–Trinajstić information content (AvgIpc) is 2.71. The van der Waals surface area contributed by atoms with Gasteiger partial charge in [-0.15, -0.1) is 0 Å². The number of hydrogen-bond acceptors (Lipinski definition) is 2. The molecule has 1 aromatic heterocycles. The number of fused-ring (bicyclic) bond motifs is 1. The number of carbonyl (C=O) groups excluding carboxylic acids is 1. The summed E-state index contributed by atoms with van der Waals surface area (Å²) in [6.07, 6.45) is 0.849. The SMILES string of the molecule is COc1ccc2[nH]c(C(=O)C=[N+]=[N-])cc2c1. The predicted octanol–water partition coefficient (Wildman–Crippen LogP) is 1.66. The van der Waals surface area contributed by atoms with Crippen molar-refractivity contribution in [3.8, 4) is 5.75 Å². The lowest BCUT2D eigenvalue weighted by Gasteiger charge is -1.97. The molecular weight excluding hydrogens is 206 g/mol. The third-order valence-electron chi connectivity index (χ3n) is 2.27. The van der Waals surface area contributed by atoms with Crippen LogP contribution in [0.25, 0.3) is 16.4 Å². The first-order valence-electron chi connectivity index (χ1n) is 4.63. The van der Waals surface area contributed by atoms with E-state index >= 15 is 0 Å². The van der Waals surface area contributed by atoms with Gasteiger partial charge in [-0.05, 0) is 24.3 Å². The summed E-state index contributed by atoms with van der Waals surface area (Å²) in [5.74, 6) is 0.346. The van der Waals surface area contributed by atoms with Gasteiger partial charge in [-0.25, -0.2) is 0 Å². The van der Waals surface area contributed by atoms with Crippen LogP contribution in [-0.4, -0.2) is 28.9 Å². The molecule has 0 radical (unpaired) electrons. The Morgan fingerprint density at radius 3 is 3.00 bits per heavy atom. The highest BCUT2D eigenvalue weighted by Crippen LogP contribution is 2.21. The van der Waals surface area contributed by atoms with E-state index < -0.39 is 0 Å². The van der Waals surface area contributed by atoms with E-state index in [0.29, 0.717) is 5.69 Å². The molecule has 0 aliphatic rings. The quantitative estimate of drug-likeness (QED) is 0.365. The Bertz CT molecular complexity index is 594. The average molecular weight is 215 g/mol. The molecule has 2 rings (SSSR count). The summed E-state index contributed by atoms with van der Waals surface area (Å²) >= 11 is 0. The van der Waals surface area contributed by atoms with Crippen molar-refractivity contribution >= 4 is 22.9 Å². The smallest absolute Gasteiger partial charge is 0.329 e. The van der Waals surface area contributed by atoms with Gasteiger partial charge in [0.05, 0.1) is 12.8 Å². The van der Waals surface area contributed by atoms with Crippen molar-refractivity contribution in [2.24, 2.45) is 0 Å². The first kappa shape index (κ1) is 10.1. The van der Waals surface area contributed by atoms with Crippen molar-refractivity contribution in [2.75, 3.05) is 7.11 Å². The summed E-state index contributed by atoms with van der Waals surface area (Å²) in [7, 11) is 1.58. The number of ketones is 1. The Morgan fingerprint density at radius 1 is 1.50 bits per heavy atom. The van der Waals surface area contributed by atoms with Gasteiger partial charge in [0.25, 0.3) is 5.78 Å². The van der Waals surface area contributed by atoms with Crippen LogP contribution in [0.3, 0.4) is 0 Å². The number of aromatic nitrogens is 1. The van der Waals surface area contributed by atoms with E-state index in [4.69, 9.17) is 10.3 Å². The first-order valence-corrected chi connectivity index (χ1v) is 4.63. The maximum absolute atomic E-state index is 11.4. The highest BCUT2D eigenvalue weighted by atomic mass is 16.5. The number of nitrogens with zero attached hydrogens (tertiary/aromatic N) is 2. The Kier molecular flexibility index (Phi) is 2.54. The molecule has 5 nitrogen and oxygen atoms in total. The van der Waals surface area contributed by atoms with Crippen molar-refractivity contribution in [3.05, 3.63) is 35.5 Å². The minimum Gasteiger partial charge on any atom is -0.497 e. The molecule has 16 heavy (non-hydrogen) atoms. The standard InChI is InChI=1S/C11H9N3O2/c1-16-8-2-3-9-7(4-8)5-10(14-9)11(15)6-13-12/h2-6,14H,1H3. The maximum Gasteiger partial charge on any atom is 0.329 e. The highest BCUT2D eigenvalue weighted by molar-refractivity contribution is 6.33. The summed E-state index contributed by atoms with van der Waals surface area (Å²) < 4.78 is 5.07. The van der Waals surface area contributed by atoms with Crippen LogP contribution in [0.2, 0.25) is 0 Å². The molecule has 0 bridgehead atoms. The molecule has 2 aromatic rings. The van der Waals surface area contributed by atoms with Gasteiger partial charge in [0.1, 0.15) is 5.75 Å². The first-order chi connectivity index (χ1) is 7.74. The van der Waals surface area contributed by atoms with Gasteiger partial charge in [0, 0.05) is 10.9 Å². The molecule has 0 unspecified atom stereocenters. The van der Waals surface area contributed by atoms with E-state index in [1.54, 1.807) is 19.2 Å². The van der Waals surface area contributed by atoms with Crippen molar-refractivity contribution in [3.63, 3.8) is 0 Å². The third kappa shape index (κ3) is 1.71. The number of aromatic amines is 1. The number of nitrogens with one attached hydrogen (secondary N) is 1. The molecule has 1 heterocycles. The lowest BCUT2D eigenvalue weighted by Crippen LogP contribution is -2.00. The molecule has 5 heteroatoms. The predicted molar refractivity (Wildman–Crippen MR) is 58.9 cm³/mol. The van der Waals surface area contributed by atoms with Gasteiger partial charge in [-0.1, -0.05) is 0 Å². The van der Waals surface area contributed by atoms with Crippen LogP contribution in [0, 0.1) is 0 Å². The fourth-order valence-electron chi connectivity index (χ4n) is 1.49. The number of ether oxygens (including phenoxy) is 1. The van der Waals surface area contributed by atoms with E-state index in [0.717, 1.165) is 22.9 Å². The molecular formula is C11H9N3O2. The zero-order valence-electron chi connectivity index (χ0n) is 8.60. The second-order valence-electron chi connectivity index (χ2n) is 3.25. The molecule has 0 fully saturated rings. The number of carbonyl (C=O) groups is 1. The van der Waals surface area contributed by atoms with Crippen molar-refractivity contribution in [2.45, 2.75) is 0 Å². The normalized spacial score (nSPS) is 9.81. The Hall–Kier alpha value is -2.39. The fourth-order valence-corrected chi connectivity index (χ4v) is 1.49. The zero-order valence-corrected chi connectivity index (χ0v) is 8.60. The van der Waals surface area contributed by atoms with Crippen molar-refractivity contribution in [1.29, 1.82) is 0 Å². The lowest BCUT2D eigenvalue weighted by molar-refractivity contribution is 0.00231. The summed E-state index contributed by atoms with van der Waals surface area (Å²) in [5.41, 5.74) is 9.47. The van der Waals surface area contributed by atoms with E-state index in [2.05, 4.69) is 9.77 Å². The topological polar surface area (TPSA) is 78.5 Å². The minimum atomic E-state index is -0.377. The van der Waals surface area contributed by atoms with Crippen molar-refractivity contribution in [1.82, 2.24) is 4.98 Å². The van der Waals surface area contributed by atoms with E-state index in [-0.39, 0.29) is 5.78 Å². The van der Waals surface area contributed by atoms with Crippen LogP contribution in [0.5, 0.6) is 5.75 Å². The molecule has 1 aromatic carbocycles. The van der Waals surface area contributed by atoms with E-state index in [1.807, 2.05) is 12.1 Å². The van der Waals surface area contributed by atoms with Gasteiger partial charge < -0.3 is 15.3 Å². The second kappa shape index (κ2) is 4.00. The molecule has 0 atom stereocenters. The van der Waals surface area contributed by atoms with Crippen molar-refractivity contribution < 1.29 is 14.3 Å². The molecule has 0 aliphatic carbocycles. The van der Waals surface area contributed by atoms with Gasteiger partial charge in [-0.3, -0.25) is 4.79 Å². The fraction of sp³-hybridized carbons (Fsp3) is 0.0909. The third-order valence-corrected chi connectivity index (χ3v) is 2.27. The lowest BCUT2D eigenvalue weighted by atomic mass is 10.2. The minimum absolute atomic E-state index is 0.376. The highest BCUT2D eigenvalue weighted by Gasteiger charge is 2.10. The Labute approximate surface area is 91.3 Å². The summed E-state index contributed by atoms with van der Waals surface area (Å²) in [4.78, 5) is 17.0.